The fraction of sp³-hybridized carbons (Fsp3) is 0.395. The number of hydrogen-bond acceptors (Lipinski definition) is 7. The molecule has 2 bridgehead atoms. The number of carbonyl (C=O) groups is 3. The molecule has 9 nitrogen and oxygen atoms in total. The predicted molar refractivity (Wildman–Crippen MR) is 186 cm³/mol. The molecule has 10 heteroatoms. The van der Waals surface area contributed by atoms with Crippen molar-refractivity contribution in [1.82, 2.24) is 4.90 Å². The summed E-state index contributed by atoms with van der Waals surface area (Å²) in [6.07, 6.45) is 9.30. The average Bonchev–Trinajstić information content (AvgIpc) is 3.24. The van der Waals surface area contributed by atoms with Crippen LogP contribution in [0.15, 0.2) is 72.8 Å². The van der Waals surface area contributed by atoms with Gasteiger partial charge in [-0.1, -0.05) is 35.9 Å². The van der Waals surface area contributed by atoms with E-state index in [1.165, 1.54) is 35.3 Å². The molecule has 0 fully saturated rings. The average molecular weight is 672 g/mol. The monoisotopic (exact) mass is 671 g/mol. The maximum atomic E-state index is 14.0. The molecule has 252 valence electrons. The number of methoxy groups -OCH3 is 1. The van der Waals surface area contributed by atoms with Gasteiger partial charge in [-0.2, -0.15) is 0 Å². The second kappa shape index (κ2) is 14.0. The van der Waals surface area contributed by atoms with Crippen molar-refractivity contribution in [3.05, 3.63) is 100 Å². The number of hydrogen-bond donors (Lipinski definition) is 2. The van der Waals surface area contributed by atoms with Crippen LogP contribution in [0.25, 0.3) is 0 Å². The lowest BCUT2D eigenvalue weighted by molar-refractivity contribution is -0.145. The Morgan fingerprint density at radius 3 is 2.62 bits per heavy atom. The molecule has 2 aliphatic heterocycles. The molecule has 0 radical (unpaired) electrons. The summed E-state index contributed by atoms with van der Waals surface area (Å²) in [5.74, 6) is -0.973. The summed E-state index contributed by atoms with van der Waals surface area (Å²) in [5.41, 5.74) is 1.79. The molecule has 0 aromatic heterocycles. The molecule has 3 aliphatic rings. The minimum Gasteiger partial charge on any atom is -0.490 e. The summed E-state index contributed by atoms with van der Waals surface area (Å²) in [7, 11) is 2.96. The Balaban J connectivity index is 1.40. The van der Waals surface area contributed by atoms with Crippen molar-refractivity contribution in [2.45, 2.75) is 56.0 Å². The number of amides is 2. The van der Waals surface area contributed by atoms with Crippen molar-refractivity contribution in [1.29, 1.82) is 0 Å². The lowest BCUT2D eigenvalue weighted by Crippen LogP contribution is -2.46. The highest BCUT2D eigenvalue weighted by atomic mass is 35.5. The molecular formula is C38H42ClN3O6. The van der Waals surface area contributed by atoms with Crippen LogP contribution in [0.4, 0.5) is 11.4 Å². The predicted octanol–water partition coefficient (Wildman–Crippen LogP) is 6.01. The first kappa shape index (κ1) is 33.6. The molecule has 2 N–H and O–H groups in total. The molecule has 2 heterocycles. The van der Waals surface area contributed by atoms with Gasteiger partial charge in [-0.15, -0.1) is 0 Å². The number of esters is 1. The number of rotatable bonds is 3. The number of nitrogens with zero attached hydrogens (tertiary/aromatic N) is 2. The smallest absolute Gasteiger partial charge is 0.337 e. The van der Waals surface area contributed by atoms with Gasteiger partial charge in [0.2, 0.25) is 5.91 Å². The zero-order chi connectivity index (χ0) is 33.9. The van der Waals surface area contributed by atoms with E-state index in [1.54, 1.807) is 31.3 Å². The zero-order valence-electron chi connectivity index (χ0n) is 27.5. The van der Waals surface area contributed by atoms with Crippen LogP contribution in [0, 0.1) is 0 Å². The molecule has 2 amide bonds. The number of anilines is 2. The van der Waals surface area contributed by atoms with Gasteiger partial charge in [0.25, 0.3) is 5.91 Å². The minimum atomic E-state index is -2.21. The van der Waals surface area contributed by atoms with Crippen LogP contribution in [0.5, 0.6) is 5.75 Å². The number of likely N-dealkylation sites (N-methyl/N-ethyl adjacent to an activating group) is 1. The second-order valence-electron chi connectivity index (χ2n) is 13.1. The van der Waals surface area contributed by atoms with E-state index in [4.69, 9.17) is 21.1 Å². The number of ether oxygens (including phenoxy) is 2. The van der Waals surface area contributed by atoms with Gasteiger partial charge in [0, 0.05) is 42.8 Å². The van der Waals surface area contributed by atoms with E-state index >= 15 is 0 Å². The summed E-state index contributed by atoms with van der Waals surface area (Å²) in [6.45, 7) is 2.31. The van der Waals surface area contributed by atoms with Gasteiger partial charge < -0.3 is 29.7 Å². The van der Waals surface area contributed by atoms with Crippen molar-refractivity contribution < 1.29 is 29.0 Å². The third-order valence-corrected chi connectivity index (χ3v) is 10.1. The summed E-state index contributed by atoms with van der Waals surface area (Å²) >= 11 is 6.41. The summed E-state index contributed by atoms with van der Waals surface area (Å²) in [4.78, 5) is 43.3. The number of aryl methyl sites for hydroxylation is 1. The SMILES string of the molecule is COC(=O)c1ccc(NC(=O)[C@@]2(O)CC(=O)N(C)C/C=C/CCCCN3C[C@@]4(CCCc5cc(Cl)ccc54)COc4ccc2cc43)cc1. The van der Waals surface area contributed by atoms with Crippen LogP contribution in [0.3, 0.4) is 0 Å². The first-order valence-corrected chi connectivity index (χ1v) is 16.9. The van der Waals surface area contributed by atoms with Crippen LogP contribution < -0.4 is 15.0 Å². The van der Waals surface area contributed by atoms with Crippen LogP contribution in [0.2, 0.25) is 5.02 Å². The molecule has 0 saturated carbocycles. The van der Waals surface area contributed by atoms with Crippen LogP contribution >= 0.6 is 11.6 Å². The van der Waals surface area contributed by atoms with Gasteiger partial charge in [-0.05, 0) is 104 Å². The third kappa shape index (κ3) is 6.80. The number of halogens is 1. The zero-order valence-corrected chi connectivity index (χ0v) is 28.2. The second-order valence-corrected chi connectivity index (χ2v) is 13.6. The van der Waals surface area contributed by atoms with E-state index in [2.05, 4.69) is 28.4 Å². The highest BCUT2D eigenvalue weighted by molar-refractivity contribution is 6.30. The van der Waals surface area contributed by atoms with E-state index in [0.29, 0.717) is 36.7 Å². The number of aliphatic hydroxyl groups is 1. The fourth-order valence-electron chi connectivity index (χ4n) is 7.13. The van der Waals surface area contributed by atoms with Crippen molar-refractivity contribution in [3.8, 4) is 5.75 Å². The number of nitrogens with one attached hydrogen (secondary N) is 1. The van der Waals surface area contributed by atoms with E-state index in [9.17, 15) is 19.5 Å². The quantitative estimate of drug-likeness (QED) is 0.259. The van der Waals surface area contributed by atoms with Crippen molar-refractivity contribution in [3.63, 3.8) is 0 Å². The number of carbonyl (C=O) groups excluding carboxylic acids is 3. The first-order chi connectivity index (χ1) is 23.1. The van der Waals surface area contributed by atoms with Gasteiger partial charge in [0.15, 0.2) is 5.60 Å². The Kier molecular flexibility index (Phi) is 9.80. The Labute approximate surface area is 286 Å². The third-order valence-electron chi connectivity index (χ3n) is 9.88. The maximum absolute atomic E-state index is 14.0. The molecule has 3 aromatic rings. The molecule has 1 aliphatic carbocycles. The van der Waals surface area contributed by atoms with Gasteiger partial charge in [0.05, 0.1) is 31.4 Å². The van der Waals surface area contributed by atoms with Gasteiger partial charge in [0.1, 0.15) is 5.75 Å². The van der Waals surface area contributed by atoms with E-state index in [1.807, 2.05) is 18.2 Å². The van der Waals surface area contributed by atoms with Gasteiger partial charge in [-0.3, -0.25) is 9.59 Å². The molecule has 6 rings (SSSR count). The normalized spacial score (nSPS) is 23.5. The Bertz CT molecular complexity index is 1730. The summed E-state index contributed by atoms with van der Waals surface area (Å²) in [6, 6.07) is 17.6. The molecule has 0 saturated heterocycles. The summed E-state index contributed by atoms with van der Waals surface area (Å²) < 4.78 is 11.4. The van der Waals surface area contributed by atoms with Gasteiger partial charge >= 0.3 is 5.97 Å². The van der Waals surface area contributed by atoms with E-state index in [0.717, 1.165) is 55.8 Å². The standard InChI is InChI=1S/C38H42ClN3O6/c1-41-19-6-4-3-5-7-20-42-24-37(18-8-9-27-21-29(39)13-16-31(27)37)25-48-33-17-12-28(22-32(33)42)38(46,23-34(41)43)36(45)40-30-14-10-26(11-15-30)35(44)47-2/h4,6,10-17,21-22,46H,3,5,7-9,18-20,23-25H2,1-2H3,(H,40,45)/b6-4+/t37-,38+/m0/s1. The molecule has 1 spiro atoms. The largest absolute Gasteiger partial charge is 0.490 e. The molecule has 3 aromatic carbocycles. The fourth-order valence-corrected chi connectivity index (χ4v) is 7.33. The Hall–Kier alpha value is -4.34. The first-order valence-electron chi connectivity index (χ1n) is 16.5. The molecule has 2 atom stereocenters. The number of fused-ring (bicyclic) bond motifs is 3. The minimum absolute atomic E-state index is 0.261. The van der Waals surface area contributed by atoms with Crippen LogP contribution in [0.1, 0.15) is 65.6 Å². The topological polar surface area (TPSA) is 108 Å². The van der Waals surface area contributed by atoms with Crippen molar-refractivity contribution in [2.24, 2.45) is 0 Å². The summed E-state index contributed by atoms with van der Waals surface area (Å²) in [5, 5.41) is 15.8. The Morgan fingerprint density at radius 2 is 1.83 bits per heavy atom. The highest BCUT2D eigenvalue weighted by Gasteiger charge is 2.44. The Morgan fingerprint density at radius 1 is 1.02 bits per heavy atom. The highest BCUT2D eigenvalue weighted by Crippen LogP contribution is 2.45. The van der Waals surface area contributed by atoms with Crippen LogP contribution in [-0.4, -0.2) is 68.2 Å². The van der Waals surface area contributed by atoms with Crippen molar-refractivity contribution in [2.75, 3.05) is 50.6 Å². The van der Waals surface area contributed by atoms with Crippen molar-refractivity contribution >= 4 is 40.8 Å². The molecule has 0 unspecified atom stereocenters. The van der Waals surface area contributed by atoms with Crippen LogP contribution in [-0.2, 0) is 31.8 Å². The van der Waals surface area contributed by atoms with E-state index < -0.39 is 23.9 Å². The molecule has 48 heavy (non-hydrogen) atoms. The number of benzene rings is 3. The van der Waals surface area contributed by atoms with Gasteiger partial charge in [-0.25, -0.2) is 4.79 Å². The lowest BCUT2D eigenvalue weighted by Gasteiger charge is -2.41. The number of allylic oxidation sites excluding steroid dienone is 1. The maximum Gasteiger partial charge on any atom is 0.337 e. The lowest BCUT2D eigenvalue weighted by atomic mass is 9.70. The molecular weight excluding hydrogens is 630 g/mol. The van der Waals surface area contributed by atoms with E-state index in [-0.39, 0.29) is 16.9 Å².